The van der Waals surface area contributed by atoms with E-state index < -0.39 is 5.97 Å². The van der Waals surface area contributed by atoms with Gasteiger partial charge in [-0.3, -0.25) is 0 Å². The van der Waals surface area contributed by atoms with Crippen molar-refractivity contribution in [2.24, 2.45) is 0 Å². The van der Waals surface area contributed by atoms with Gasteiger partial charge in [-0.1, -0.05) is 50.5 Å². The molecule has 0 saturated heterocycles. The van der Waals surface area contributed by atoms with E-state index in [9.17, 15) is 9.90 Å². The number of anilines is 2. The molecule has 0 radical (unpaired) electrons. The largest absolute Gasteiger partial charge is 0.477 e. The molecule has 3 aromatic carbocycles. The Morgan fingerprint density at radius 1 is 1.02 bits per heavy atom. The summed E-state index contributed by atoms with van der Waals surface area (Å²) in [7, 11) is 0. The summed E-state index contributed by atoms with van der Waals surface area (Å²) >= 11 is 1.52. The molecular weight excluding hydrogens is 538 g/mol. The summed E-state index contributed by atoms with van der Waals surface area (Å²) in [5, 5.41) is 21.0. The first-order chi connectivity index (χ1) is 20.6. The minimum absolute atomic E-state index is 0.247. The zero-order valence-corrected chi connectivity index (χ0v) is 24.5. The predicted octanol–water partition coefficient (Wildman–Crippen LogP) is 9.49. The van der Waals surface area contributed by atoms with E-state index in [4.69, 9.17) is 5.26 Å². The third-order valence-electron chi connectivity index (χ3n) is 9.07. The molecule has 7 rings (SSSR count). The van der Waals surface area contributed by atoms with Gasteiger partial charge in [-0.15, -0.1) is 11.3 Å². The van der Waals surface area contributed by atoms with Crippen molar-refractivity contribution < 1.29 is 9.90 Å². The Labute approximate surface area is 249 Å². The quantitative estimate of drug-likeness (QED) is 0.114. The number of carboxylic acid groups (broad SMARTS) is 1. The Kier molecular flexibility index (Phi) is 6.84. The molecule has 3 heterocycles. The Balaban J connectivity index is 1.27. The van der Waals surface area contributed by atoms with Crippen molar-refractivity contribution in [2.45, 2.75) is 64.0 Å². The topological polar surface area (TPSA) is 69.3 Å². The van der Waals surface area contributed by atoms with E-state index in [-0.39, 0.29) is 5.57 Å². The number of nitriles is 1. The number of aryl methyl sites for hydroxylation is 1. The van der Waals surface area contributed by atoms with Crippen LogP contribution >= 0.6 is 11.3 Å². The van der Waals surface area contributed by atoms with Crippen molar-refractivity contribution in [3.63, 3.8) is 0 Å². The summed E-state index contributed by atoms with van der Waals surface area (Å²) in [5.41, 5.74) is 7.51. The van der Waals surface area contributed by atoms with Crippen molar-refractivity contribution in [3.8, 4) is 16.5 Å². The smallest absolute Gasteiger partial charge is 0.346 e. The molecule has 0 amide bonds. The Hall–Kier alpha value is -4.34. The number of thiophene rings is 1. The third-order valence-corrected chi connectivity index (χ3v) is 10.1. The SMILES string of the molecule is CCCCCn1c2ccccc2c2cc(N3c4ccc(-c5ccc(/C=C(/C#N)C(=O)O)s5)cc4C4CCCC43)ccc21. The van der Waals surface area contributed by atoms with Gasteiger partial charge in [0.05, 0.1) is 0 Å². The van der Waals surface area contributed by atoms with E-state index in [2.05, 4.69) is 77.1 Å². The molecule has 5 nitrogen and oxygen atoms in total. The number of aromatic nitrogens is 1. The van der Waals surface area contributed by atoms with E-state index in [1.807, 2.05) is 12.1 Å². The summed E-state index contributed by atoms with van der Waals surface area (Å²) in [4.78, 5) is 15.7. The molecule has 2 aliphatic rings. The second-order valence-corrected chi connectivity index (χ2v) is 12.6. The molecule has 5 aromatic rings. The number of para-hydroxylation sites is 1. The molecule has 1 saturated carbocycles. The van der Waals surface area contributed by atoms with Gasteiger partial charge in [-0.05, 0) is 85.0 Å². The lowest BCUT2D eigenvalue weighted by molar-refractivity contribution is -0.132. The van der Waals surface area contributed by atoms with Crippen LogP contribution in [0, 0.1) is 11.3 Å². The van der Waals surface area contributed by atoms with E-state index in [0.717, 1.165) is 21.9 Å². The van der Waals surface area contributed by atoms with Crippen LogP contribution in [0.4, 0.5) is 11.4 Å². The van der Waals surface area contributed by atoms with Gasteiger partial charge in [0.2, 0.25) is 0 Å². The Morgan fingerprint density at radius 2 is 1.88 bits per heavy atom. The molecule has 42 heavy (non-hydrogen) atoms. The molecule has 0 bridgehead atoms. The number of aliphatic carboxylic acids is 1. The number of benzene rings is 3. The fraction of sp³-hybridized carbons (Fsp3) is 0.278. The number of carbonyl (C=O) groups is 1. The summed E-state index contributed by atoms with van der Waals surface area (Å²) in [6.45, 7) is 3.31. The predicted molar refractivity (Wildman–Crippen MR) is 172 cm³/mol. The average Bonchev–Trinajstić information content (AvgIpc) is 3.79. The van der Waals surface area contributed by atoms with Crippen LogP contribution in [-0.4, -0.2) is 21.7 Å². The summed E-state index contributed by atoms with van der Waals surface area (Å²) < 4.78 is 2.51. The molecule has 2 atom stereocenters. The first-order valence-electron chi connectivity index (χ1n) is 15.0. The lowest BCUT2D eigenvalue weighted by Gasteiger charge is -2.27. The molecule has 1 fully saturated rings. The highest BCUT2D eigenvalue weighted by Crippen LogP contribution is 2.53. The van der Waals surface area contributed by atoms with Crippen molar-refractivity contribution in [1.82, 2.24) is 4.57 Å². The van der Waals surface area contributed by atoms with Crippen LogP contribution in [0.2, 0.25) is 0 Å². The highest BCUT2D eigenvalue weighted by Gasteiger charge is 2.42. The zero-order chi connectivity index (χ0) is 28.8. The maximum Gasteiger partial charge on any atom is 0.346 e. The minimum atomic E-state index is -1.20. The zero-order valence-electron chi connectivity index (χ0n) is 23.7. The average molecular weight is 572 g/mol. The van der Waals surface area contributed by atoms with Gasteiger partial charge in [0.15, 0.2) is 0 Å². The van der Waals surface area contributed by atoms with Crippen LogP contribution in [0.5, 0.6) is 0 Å². The minimum Gasteiger partial charge on any atom is -0.477 e. The van der Waals surface area contributed by atoms with Gasteiger partial charge in [-0.2, -0.15) is 5.26 Å². The number of hydrogen-bond acceptors (Lipinski definition) is 4. The maximum absolute atomic E-state index is 11.3. The molecule has 0 spiro atoms. The molecule has 210 valence electrons. The van der Waals surface area contributed by atoms with Gasteiger partial charge < -0.3 is 14.6 Å². The monoisotopic (exact) mass is 571 g/mol. The first-order valence-corrected chi connectivity index (χ1v) is 15.8. The van der Waals surface area contributed by atoms with Gasteiger partial charge in [0.25, 0.3) is 0 Å². The lowest BCUT2D eigenvalue weighted by atomic mass is 9.95. The van der Waals surface area contributed by atoms with Crippen LogP contribution in [-0.2, 0) is 11.3 Å². The molecular formula is C36H33N3O2S. The van der Waals surface area contributed by atoms with Crippen molar-refractivity contribution in [3.05, 3.63) is 88.8 Å². The third kappa shape index (κ3) is 4.40. The first kappa shape index (κ1) is 26.6. The fourth-order valence-electron chi connectivity index (χ4n) is 7.17. The number of fused-ring (bicyclic) bond motifs is 6. The molecule has 1 N–H and O–H groups in total. The number of rotatable bonds is 8. The Morgan fingerprint density at radius 3 is 2.71 bits per heavy atom. The van der Waals surface area contributed by atoms with Gasteiger partial charge in [0.1, 0.15) is 11.6 Å². The molecule has 1 aliphatic carbocycles. The normalized spacial score (nSPS) is 18.0. The van der Waals surface area contributed by atoms with Crippen molar-refractivity contribution in [1.29, 1.82) is 5.26 Å². The van der Waals surface area contributed by atoms with Gasteiger partial charge in [-0.25, -0.2) is 4.79 Å². The second kappa shape index (κ2) is 10.8. The van der Waals surface area contributed by atoms with E-state index in [1.54, 1.807) is 6.07 Å². The number of unbranched alkanes of at least 4 members (excludes halogenated alkanes) is 2. The highest BCUT2D eigenvalue weighted by atomic mass is 32.1. The van der Waals surface area contributed by atoms with E-state index >= 15 is 0 Å². The lowest BCUT2D eigenvalue weighted by Crippen LogP contribution is -2.26. The summed E-state index contributed by atoms with van der Waals surface area (Å²) in [5.74, 6) is -0.695. The maximum atomic E-state index is 11.3. The number of hydrogen-bond donors (Lipinski definition) is 1. The molecule has 2 aromatic heterocycles. The highest BCUT2D eigenvalue weighted by molar-refractivity contribution is 7.16. The number of nitrogens with zero attached hydrogens (tertiary/aromatic N) is 3. The van der Waals surface area contributed by atoms with Crippen LogP contribution in [0.25, 0.3) is 38.3 Å². The Bertz CT molecular complexity index is 1910. The fourth-order valence-corrected chi connectivity index (χ4v) is 8.12. The van der Waals surface area contributed by atoms with Gasteiger partial charge >= 0.3 is 5.97 Å². The second-order valence-electron chi connectivity index (χ2n) is 11.5. The molecule has 6 heteroatoms. The molecule has 2 unspecified atom stereocenters. The van der Waals surface area contributed by atoms with Gasteiger partial charge in [0, 0.05) is 61.4 Å². The van der Waals surface area contributed by atoms with E-state index in [0.29, 0.717) is 12.0 Å². The standard InChI is InChI=1S/C36H33N3O2S/c1-2-3-6-18-38-31-10-5-4-8-27(31)30-21-25(13-16-32(30)38)39-33-11-7-9-28(33)29-20-23(12-15-34(29)39)35-17-14-26(42-35)19-24(22-37)36(40)41/h4-5,8,10,12-17,19-21,28,33H,2-3,6-7,9,11,18H2,1H3,(H,40,41)/b24-19-. The van der Waals surface area contributed by atoms with E-state index in [1.165, 1.54) is 94.7 Å². The summed E-state index contributed by atoms with van der Waals surface area (Å²) in [6.07, 6.45) is 8.72. The van der Waals surface area contributed by atoms with Crippen LogP contribution in [0.3, 0.4) is 0 Å². The van der Waals surface area contributed by atoms with Crippen LogP contribution in [0.15, 0.2) is 78.4 Å². The van der Waals surface area contributed by atoms with Crippen molar-refractivity contribution in [2.75, 3.05) is 4.90 Å². The summed E-state index contributed by atoms with van der Waals surface area (Å²) in [6, 6.07) is 28.9. The molecule has 1 aliphatic heterocycles. The van der Waals surface area contributed by atoms with Crippen LogP contribution in [0.1, 0.15) is 61.8 Å². The van der Waals surface area contributed by atoms with Crippen molar-refractivity contribution >= 4 is 56.6 Å². The van der Waals surface area contributed by atoms with Crippen LogP contribution < -0.4 is 4.90 Å². The number of carboxylic acids is 1.